The number of rotatable bonds is 4. The summed E-state index contributed by atoms with van der Waals surface area (Å²) in [5.74, 6) is 0.189. The van der Waals surface area contributed by atoms with E-state index in [-0.39, 0.29) is 5.82 Å². The summed E-state index contributed by atoms with van der Waals surface area (Å²) in [4.78, 5) is 6.71. The number of aromatic nitrogens is 1. The summed E-state index contributed by atoms with van der Waals surface area (Å²) in [6.45, 7) is 2.83. The third kappa shape index (κ3) is 2.89. The molecule has 1 saturated heterocycles. The molecular weight excluding hydrogens is 257 g/mol. The van der Waals surface area contributed by atoms with Crippen LogP contribution in [-0.2, 0) is 6.54 Å². The number of hydrogen-bond donors (Lipinski definition) is 1. The van der Waals surface area contributed by atoms with Crippen LogP contribution in [0.3, 0.4) is 0 Å². The molecule has 20 heavy (non-hydrogen) atoms. The summed E-state index contributed by atoms with van der Waals surface area (Å²) in [5, 5.41) is 3.35. The van der Waals surface area contributed by atoms with Gasteiger partial charge in [-0.2, -0.15) is 0 Å². The highest BCUT2D eigenvalue weighted by Gasteiger charge is 2.20. The molecule has 1 aliphatic rings. The lowest BCUT2D eigenvalue weighted by molar-refractivity contribution is 0.246. The molecule has 0 bridgehead atoms. The van der Waals surface area contributed by atoms with Crippen molar-refractivity contribution in [2.24, 2.45) is 0 Å². The summed E-state index contributed by atoms with van der Waals surface area (Å²) in [7, 11) is 2.09. The quantitative estimate of drug-likeness (QED) is 0.929. The number of nitrogens with one attached hydrogen (secondary N) is 1. The van der Waals surface area contributed by atoms with Gasteiger partial charge in [0.05, 0.1) is 5.69 Å². The lowest BCUT2D eigenvalue weighted by Crippen LogP contribution is -2.32. The molecule has 0 radical (unpaired) electrons. The first kappa shape index (κ1) is 13.3. The van der Waals surface area contributed by atoms with E-state index in [4.69, 9.17) is 4.42 Å². The van der Waals surface area contributed by atoms with Gasteiger partial charge in [-0.3, -0.25) is 4.90 Å². The molecule has 5 heteroatoms. The molecule has 1 aromatic heterocycles. The number of benzene rings is 1. The first-order chi connectivity index (χ1) is 9.72. The zero-order valence-electron chi connectivity index (χ0n) is 11.5. The summed E-state index contributed by atoms with van der Waals surface area (Å²) in [5.41, 5.74) is 1.54. The van der Waals surface area contributed by atoms with Crippen LogP contribution < -0.4 is 5.32 Å². The van der Waals surface area contributed by atoms with Gasteiger partial charge in [-0.05, 0) is 38.2 Å². The Bertz CT molecular complexity index is 578. The van der Waals surface area contributed by atoms with Crippen LogP contribution in [0.5, 0.6) is 0 Å². The third-order valence-electron chi connectivity index (χ3n) is 3.69. The van der Waals surface area contributed by atoms with E-state index >= 15 is 0 Å². The lowest BCUT2D eigenvalue weighted by Gasteiger charge is -2.21. The van der Waals surface area contributed by atoms with E-state index in [1.165, 1.54) is 12.1 Å². The molecule has 0 amide bonds. The molecule has 1 fully saturated rings. The van der Waals surface area contributed by atoms with Crippen molar-refractivity contribution in [1.82, 2.24) is 15.2 Å². The summed E-state index contributed by atoms with van der Waals surface area (Å²) < 4.78 is 18.6. The highest BCUT2D eigenvalue weighted by atomic mass is 19.1. The standard InChI is InChI=1S/C15H18FN3O/c1-19(14-5-6-17-8-14)9-13-10-20-15(18-13)11-3-2-4-12(16)7-11/h2-4,7,10,14,17H,5-6,8-9H2,1H3. The third-order valence-corrected chi connectivity index (χ3v) is 3.69. The normalized spacial score (nSPS) is 18.9. The predicted octanol–water partition coefficient (Wildman–Crippen LogP) is 2.27. The van der Waals surface area contributed by atoms with E-state index in [2.05, 4.69) is 22.2 Å². The molecule has 3 rings (SSSR count). The van der Waals surface area contributed by atoms with Crippen LogP contribution in [0.2, 0.25) is 0 Å². The monoisotopic (exact) mass is 275 g/mol. The fourth-order valence-electron chi connectivity index (χ4n) is 2.53. The van der Waals surface area contributed by atoms with E-state index in [1.54, 1.807) is 18.4 Å². The maximum atomic E-state index is 13.2. The van der Waals surface area contributed by atoms with Crippen molar-refractivity contribution >= 4 is 0 Å². The molecule has 106 valence electrons. The van der Waals surface area contributed by atoms with Crippen LogP contribution in [0.4, 0.5) is 4.39 Å². The summed E-state index contributed by atoms with van der Waals surface area (Å²) in [6.07, 6.45) is 2.81. The van der Waals surface area contributed by atoms with Gasteiger partial charge in [0.15, 0.2) is 0 Å². The highest BCUT2D eigenvalue weighted by molar-refractivity contribution is 5.52. The Labute approximate surface area is 117 Å². The molecule has 2 heterocycles. The summed E-state index contributed by atoms with van der Waals surface area (Å²) in [6, 6.07) is 6.84. The van der Waals surface area contributed by atoms with Crippen molar-refractivity contribution in [3.63, 3.8) is 0 Å². The Balaban J connectivity index is 1.70. The van der Waals surface area contributed by atoms with Gasteiger partial charge in [0, 0.05) is 24.7 Å². The fraction of sp³-hybridized carbons (Fsp3) is 0.400. The lowest BCUT2D eigenvalue weighted by atomic mass is 10.2. The molecule has 4 nitrogen and oxygen atoms in total. The molecule has 0 aliphatic carbocycles. The minimum atomic E-state index is -0.281. The summed E-state index contributed by atoms with van der Waals surface area (Å²) >= 11 is 0. The highest BCUT2D eigenvalue weighted by Crippen LogP contribution is 2.20. The van der Waals surface area contributed by atoms with E-state index < -0.39 is 0 Å². The van der Waals surface area contributed by atoms with Crippen molar-refractivity contribution in [1.29, 1.82) is 0 Å². The van der Waals surface area contributed by atoms with E-state index in [1.807, 2.05) is 0 Å². The van der Waals surface area contributed by atoms with Crippen LogP contribution in [-0.4, -0.2) is 36.1 Å². The zero-order chi connectivity index (χ0) is 13.9. The second-order valence-electron chi connectivity index (χ2n) is 5.22. The topological polar surface area (TPSA) is 41.3 Å². The molecule has 1 aromatic carbocycles. The van der Waals surface area contributed by atoms with Gasteiger partial charge in [0.25, 0.3) is 0 Å². The average Bonchev–Trinajstić information content (AvgIpc) is 3.10. The van der Waals surface area contributed by atoms with Crippen LogP contribution in [0.15, 0.2) is 34.9 Å². The zero-order valence-corrected chi connectivity index (χ0v) is 11.5. The molecule has 1 aliphatic heterocycles. The molecule has 0 saturated carbocycles. The number of likely N-dealkylation sites (N-methyl/N-ethyl adjacent to an activating group) is 1. The Kier molecular flexibility index (Phi) is 3.80. The number of nitrogens with zero attached hydrogens (tertiary/aromatic N) is 2. The molecule has 1 N–H and O–H groups in total. The van der Waals surface area contributed by atoms with Crippen LogP contribution in [0, 0.1) is 5.82 Å². The van der Waals surface area contributed by atoms with E-state index in [0.717, 1.165) is 31.7 Å². The first-order valence-electron chi connectivity index (χ1n) is 6.83. The largest absolute Gasteiger partial charge is 0.444 e. The van der Waals surface area contributed by atoms with Gasteiger partial charge in [-0.15, -0.1) is 0 Å². The minimum Gasteiger partial charge on any atom is -0.444 e. The fourth-order valence-corrected chi connectivity index (χ4v) is 2.53. The number of hydrogen-bond acceptors (Lipinski definition) is 4. The predicted molar refractivity (Wildman–Crippen MR) is 74.6 cm³/mol. The Morgan fingerprint density at radius 2 is 2.40 bits per heavy atom. The second kappa shape index (κ2) is 5.73. The maximum absolute atomic E-state index is 13.2. The van der Waals surface area contributed by atoms with Gasteiger partial charge >= 0.3 is 0 Å². The van der Waals surface area contributed by atoms with Crippen molar-refractivity contribution in [3.05, 3.63) is 42.0 Å². The first-order valence-corrected chi connectivity index (χ1v) is 6.83. The smallest absolute Gasteiger partial charge is 0.226 e. The Morgan fingerprint density at radius 3 is 3.15 bits per heavy atom. The number of halogens is 1. The molecule has 2 aromatic rings. The second-order valence-corrected chi connectivity index (χ2v) is 5.22. The van der Waals surface area contributed by atoms with Gasteiger partial charge in [-0.1, -0.05) is 6.07 Å². The Morgan fingerprint density at radius 1 is 1.50 bits per heavy atom. The SMILES string of the molecule is CN(Cc1coc(-c2cccc(F)c2)n1)C1CCNC1. The van der Waals surface area contributed by atoms with Crippen LogP contribution >= 0.6 is 0 Å². The van der Waals surface area contributed by atoms with E-state index in [0.29, 0.717) is 17.5 Å². The molecular formula is C15H18FN3O. The van der Waals surface area contributed by atoms with Crippen molar-refractivity contribution in [2.75, 3.05) is 20.1 Å². The molecule has 1 unspecified atom stereocenters. The van der Waals surface area contributed by atoms with Gasteiger partial charge in [0.2, 0.25) is 5.89 Å². The average molecular weight is 275 g/mol. The maximum Gasteiger partial charge on any atom is 0.226 e. The van der Waals surface area contributed by atoms with E-state index in [9.17, 15) is 4.39 Å². The Hall–Kier alpha value is -1.72. The van der Waals surface area contributed by atoms with Crippen molar-refractivity contribution in [2.45, 2.75) is 19.0 Å². The van der Waals surface area contributed by atoms with Gasteiger partial charge in [-0.25, -0.2) is 9.37 Å². The molecule has 1 atom stereocenters. The van der Waals surface area contributed by atoms with Crippen molar-refractivity contribution in [3.8, 4) is 11.5 Å². The van der Waals surface area contributed by atoms with Crippen LogP contribution in [0.25, 0.3) is 11.5 Å². The van der Waals surface area contributed by atoms with Crippen molar-refractivity contribution < 1.29 is 8.81 Å². The molecule has 0 spiro atoms. The van der Waals surface area contributed by atoms with Crippen LogP contribution in [0.1, 0.15) is 12.1 Å². The van der Waals surface area contributed by atoms with Gasteiger partial charge in [0.1, 0.15) is 12.1 Å². The van der Waals surface area contributed by atoms with Gasteiger partial charge < -0.3 is 9.73 Å². The minimum absolute atomic E-state index is 0.281. The number of oxazole rings is 1.